The summed E-state index contributed by atoms with van der Waals surface area (Å²) >= 11 is 0. The fraction of sp³-hybridized carbons (Fsp3) is 0.556. The molecule has 7 heteroatoms. The number of aliphatic hydroxyl groups is 1. The second-order valence-corrected chi connectivity index (χ2v) is 3.45. The summed E-state index contributed by atoms with van der Waals surface area (Å²) < 4.78 is 11.8. The number of rotatable bonds is 2. The molecule has 0 saturated carbocycles. The zero-order valence-electron chi connectivity index (χ0n) is 8.46. The third-order valence-electron chi connectivity index (χ3n) is 2.28. The topological polar surface area (TPSA) is 93.5 Å². The molecule has 0 aliphatic carbocycles. The third kappa shape index (κ3) is 2.21. The van der Waals surface area contributed by atoms with Crippen LogP contribution in [0.2, 0.25) is 0 Å². The monoisotopic (exact) mass is 228 g/mol. The molecule has 2 atom stereocenters. The van der Waals surface area contributed by atoms with Gasteiger partial charge in [-0.1, -0.05) is 0 Å². The molecule has 16 heavy (non-hydrogen) atoms. The van der Waals surface area contributed by atoms with Gasteiger partial charge in [0, 0.05) is 12.3 Å². The van der Waals surface area contributed by atoms with Crippen molar-refractivity contribution in [2.24, 2.45) is 0 Å². The molecule has 2 unspecified atom stereocenters. The molecule has 1 aromatic rings. The summed E-state index contributed by atoms with van der Waals surface area (Å²) in [6.45, 7) is 0.335. The molecular weight excluding hydrogens is 216 g/mol. The smallest absolute Gasteiger partial charge is 0.330 e. The molecule has 1 aliphatic heterocycles. The summed E-state index contributed by atoms with van der Waals surface area (Å²) in [6, 6.07) is 1.23. The van der Waals surface area contributed by atoms with E-state index in [1.807, 2.05) is 0 Å². The van der Waals surface area contributed by atoms with Gasteiger partial charge in [0.15, 0.2) is 6.23 Å². The molecule has 0 spiro atoms. The Morgan fingerprint density at radius 1 is 1.50 bits per heavy atom. The largest absolute Gasteiger partial charge is 0.394 e. The molecule has 2 N–H and O–H groups in total. The minimum atomic E-state index is -0.616. The second kappa shape index (κ2) is 4.60. The summed E-state index contributed by atoms with van der Waals surface area (Å²) in [5.74, 6) is 0. The van der Waals surface area contributed by atoms with E-state index in [0.717, 1.165) is 0 Å². The number of aromatic amines is 1. The first-order chi connectivity index (χ1) is 7.70. The SMILES string of the molecule is O=c1ccn(C2COCC(CO)O2)c(=O)[nH]1. The van der Waals surface area contributed by atoms with Crippen molar-refractivity contribution >= 4 is 0 Å². The van der Waals surface area contributed by atoms with Crippen LogP contribution in [-0.2, 0) is 9.47 Å². The lowest BCUT2D eigenvalue weighted by Crippen LogP contribution is -2.41. The average Bonchev–Trinajstić information content (AvgIpc) is 2.29. The van der Waals surface area contributed by atoms with Crippen molar-refractivity contribution in [3.8, 4) is 0 Å². The van der Waals surface area contributed by atoms with E-state index in [9.17, 15) is 9.59 Å². The predicted octanol–water partition coefficient (Wildman–Crippen LogP) is -1.56. The van der Waals surface area contributed by atoms with Crippen molar-refractivity contribution in [2.75, 3.05) is 19.8 Å². The van der Waals surface area contributed by atoms with Gasteiger partial charge < -0.3 is 14.6 Å². The van der Waals surface area contributed by atoms with E-state index in [0.29, 0.717) is 6.61 Å². The van der Waals surface area contributed by atoms with Crippen molar-refractivity contribution in [1.82, 2.24) is 9.55 Å². The molecule has 1 saturated heterocycles. The van der Waals surface area contributed by atoms with Crippen molar-refractivity contribution in [3.63, 3.8) is 0 Å². The summed E-state index contributed by atoms with van der Waals surface area (Å²) in [6.07, 6.45) is 0.280. The molecule has 0 bridgehead atoms. The van der Waals surface area contributed by atoms with Crippen LogP contribution in [0.3, 0.4) is 0 Å². The number of hydrogen-bond donors (Lipinski definition) is 2. The van der Waals surface area contributed by atoms with Crippen LogP contribution in [0.5, 0.6) is 0 Å². The lowest BCUT2D eigenvalue weighted by atomic mass is 10.3. The fourth-order valence-electron chi connectivity index (χ4n) is 1.50. The van der Waals surface area contributed by atoms with Crippen LogP contribution in [0, 0.1) is 0 Å². The number of nitrogens with one attached hydrogen (secondary N) is 1. The van der Waals surface area contributed by atoms with E-state index < -0.39 is 23.6 Å². The first kappa shape index (κ1) is 11.1. The van der Waals surface area contributed by atoms with E-state index in [1.54, 1.807) is 0 Å². The predicted molar refractivity (Wildman–Crippen MR) is 53.1 cm³/mol. The van der Waals surface area contributed by atoms with Gasteiger partial charge in [-0.2, -0.15) is 0 Å². The number of H-pyrrole nitrogens is 1. The van der Waals surface area contributed by atoms with E-state index in [4.69, 9.17) is 14.6 Å². The van der Waals surface area contributed by atoms with Crippen LogP contribution < -0.4 is 11.2 Å². The van der Waals surface area contributed by atoms with Crippen LogP contribution in [0.15, 0.2) is 21.9 Å². The van der Waals surface area contributed by atoms with Gasteiger partial charge >= 0.3 is 5.69 Å². The number of aromatic nitrogens is 2. The van der Waals surface area contributed by atoms with Crippen LogP contribution in [0.4, 0.5) is 0 Å². The number of hydrogen-bond acceptors (Lipinski definition) is 5. The number of aliphatic hydroxyl groups excluding tert-OH is 1. The summed E-state index contributed by atoms with van der Waals surface area (Å²) in [4.78, 5) is 24.4. The van der Waals surface area contributed by atoms with Crippen LogP contribution in [0.1, 0.15) is 6.23 Å². The lowest BCUT2D eigenvalue weighted by Gasteiger charge is -2.29. The standard InChI is InChI=1S/C9H12N2O5/c12-3-6-4-15-5-8(16-6)11-2-1-7(13)10-9(11)14/h1-2,6,8,12H,3-5H2,(H,10,13,14). The molecule has 7 nitrogen and oxygen atoms in total. The summed E-state index contributed by atoms with van der Waals surface area (Å²) in [5.41, 5.74) is -1.02. The lowest BCUT2D eigenvalue weighted by molar-refractivity contribution is -0.180. The Balaban J connectivity index is 2.23. The van der Waals surface area contributed by atoms with Crippen LogP contribution >= 0.6 is 0 Å². The molecule has 2 heterocycles. The Morgan fingerprint density at radius 3 is 3.00 bits per heavy atom. The van der Waals surface area contributed by atoms with E-state index in [1.165, 1.54) is 16.8 Å². The molecule has 88 valence electrons. The molecule has 0 aromatic carbocycles. The van der Waals surface area contributed by atoms with Crippen molar-refractivity contribution < 1.29 is 14.6 Å². The van der Waals surface area contributed by atoms with Crippen LogP contribution in [0.25, 0.3) is 0 Å². The maximum absolute atomic E-state index is 11.4. The third-order valence-corrected chi connectivity index (χ3v) is 2.28. The van der Waals surface area contributed by atoms with Crippen molar-refractivity contribution in [1.29, 1.82) is 0 Å². The Hall–Kier alpha value is -1.44. The minimum absolute atomic E-state index is 0.172. The normalized spacial score (nSPS) is 25.6. The zero-order valence-corrected chi connectivity index (χ0v) is 8.46. The van der Waals surface area contributed by atoms with Crippen molar-refractivity contribution in [2.45, 2.75) is 12.3 Å². The van der Waals surface area contributed by atoms with Gasteiger partial charge in [0.2, 0.25) is 0 Å². The summed E-state index contributed by atoms with van der Waals surface area (Å²) in [5, 5.41) is 8.92. The molecule has 0 radical (unpaired) electrons. The highest BCUT2D eigenvalue weighted by Crippen LogP contribution is 2.14. The maximum Gasteiger partial charge on any atom is 0.330 e. The molecule has 1 fully saturated rings. The minimum Gasteiger partial charge on any atom is -0.394 e. The van der Waals surface area contributed by atoms with E-state index in [-0.39, 0.29) is 13.2 Å². The summed E-state index contributed by atoms with van der Waals surface area (Å²) in [7, 11) is 0. The van der Waals surface area contributed by atoms with Crippen LogP contribution in [-0.4, -0.2) is 40.6 Å². The van der Waals surface area contributed by atoms with E-state index >= 15 is 0 Å². The highest BCUT2D eigenvalue weighted by Gasteiger charge is 2.24. The molecule has 2 rings (SSSR count). The second-order valence-electron chi connectivity index (χ2n) is 3.45. The van der Waals surface area contributed by atoms with Gasteiger partial charge in [0.05, 0.1) is 19.8 Å². The zero-order chi connectivity index (χ0) is 11.5. The van der Waals surface area contributed by atoms with Gasteiger partial charge in [0.1, 0.15) is 6.10 Å². The Morgan fingerprint density at radius 2 is 2.31 bits per heavy atom. The number of nitrogens with zero attached hydrogens (tertiary/aromatic N) is 1. The molecule has 0 amide bonds. The first-order valence-corrected chi connectivity index (χ1v) is 4.86. The number of ether oxygens (including phenoxy) is 2. The van der Waals surface area contributed by atoms with Gasteiger partial charge in [-0.3, -0.25) is 14.3 Å². The van der Waals surface area contributed by atoms with Gasteiger partial charge in [-0.15, -0.1) is 0 Å². The highest BCUT2D eigenvalue weighted by molar-refractivity contribution is 4.84. The quantitative estimate of drug-likeness (QED) is 0.638. The van der Waals surface area contributed by atoms with Crippen molar-refractivity contribution in [3.05, 3.63) is 33.1 Å². The fourth-order valence-corrected chi connectivity index (χ4v) is 1.50. The average molecular weight is 228 g/mol. The van der Waals surface area contributed by atoms with Gasteiger partial charge in [-0.05, 0) is 0 Å². The molecular formula is C9H12N2O5. The first-order valence-electron chi connectivity index (χ1n) is 4.86. The maximum atomic E-state index is 11.4. The highest BCUT2D eigenvalue weighted by atomic mass is 16.6. The molecule has 1 aliphatic rings. The Bertz CT molecular complexity index is 465. The Kier molecular flexibility index (Phi) is 3.18. The van der Waals surface area contributed by atoms with E-state index in [2.05, 4.69) is 4.98 Å². The molecule has 1 aromatic heterocycles. The van der Waals surface area contributed by atoms with Gasteiger partial charge in [0.25, 0.3) is 5.56 Å². The Labute approximate surface area is 90.2 Å². The van der Waals surface area contributed by atoms with Gasteiger partial charge in [-0.25, -0.2) is 4.79 Å².